The Morgan fingerprint density at radius 3 is 1.25 bits per heavy atom. The molecule has 0 aliphatic carbocycles. The molecule has 3 heteroatoms. The van der Waals surface area contributed by atoms with E-state index in [1.807, 2.05) is 0 Å². The first-order valence-electron chi connectivity index (χ1n) is 0.436. The summed E-state index contributed by atoms with van der Waals surface area (Å²) in [6.07, 6.45) is 0. The van der Waals surface area contributed by atoms with Gasteiger partial charge in [0, 0.05) is 0 Å². The van der Waals surface area contributed by atoms with Crippen LogP contribution < -0.4 is 0 Å². The van der Waals surface area contributed by atoms with Crippen molar-refractivity contribution in [2.75, 3.05) is 0 Å². The molecule has 0 nitrogen and oxygen atoms in total. The average Bonchev–Trinajstić information content (AvgIpc) is 0.918. The SMILES string of the molecule is F[CH-]F.[Ag+]. The molecule has 0 saturated carbocycles. The van der Waals surface area contributed by atoms with E-state index in [1.165, 1.54) is 0 Å². The summed E-state index contributed by atoms with van der Waals surface area (Å²) in [6.45, 7) is -1.00. The molecule has 0 saturated heterocycles. The molecule has 30 valence electrons. The van der Waals surface area contributed by atoms with E-state index in [2.05, 4.69) is 0 Å². The van der Waals surface area contributed by atoms with Gasteiger partial charge in [-0.2, -0.15) is 0 Å². The molecule has 0 aliphatic heterocycles. The Kier molecular flexibility index (Phi) is 21.0. The van der Waals surface area contributed by atoms with Gasteiger partial charge in [0.1, 0.15) is 0 Å². The molecule has 0 aromatic rings. The van der Waals surface area contributed by atoms with Gasteiger partial charge in [-0.3, -0.25) is 0 Å². The van der Waals surface area contributed by atoms with Crippen LogP contribution in [0.1, 0.15) is 0 Å². The molecule has 0 radical (unpaired) electrons. The van der Waals surface area contributed by atoms with Crippen LogP contribution >= 0.6 is 0 Å². The van der Waals surface area contributed by atoms with Gasteiger partial charge < -0.3 is 8.78 Å². The first-order valence-corrected chi connectivity index (χ1v) is 0.436. The van der Waals surface area contributed by atoms with Crippen LogP contribution in [0.15, 0.2) is 0 Å². The van der Waals surface area contributed by atoms with Gasteiger partial charge in [0.2, 0.25) is 0 Å². The van der Waals surface area contributed by atoms with Crippen LogP contribution in [0.25, 0.3) is 0 Å². The van der Waals surface area contributed by atoms with Gasteiger partial charge in [0.25, 0.3) is 0 Å². The fourth-order valence-electron chi connectivity index (χ4n) is 0. The molecular weight excluding hydrogens is 158 g/mol. The van der Waals surface area contributed by atoms with E-state index in [4.69, 9.17) is 0 Å². The first kappa shape index (κ1) is 8.82. The van der Waals surface area contributed by atoms with Crippen LogP contribution in [-0.2, 0) is 22.4 Å². The molecule has 0 unspecified atom stereocenters. The van der Waals surface area contributed by atoms with Gasteiger partial charge in [0.05, 0.1) is 0 Å². The quantitative estimate of drug-likeness (QED) is 0.365. The summed E-state index contributed by atoms with van der Waals surface area (Å²) < 4.78 is 19.0. The third-order valence-corrected chi connectivity index (χ3v) is 0. The topological polar surface area (TPSA) is 0 Å². The third kappa shape index (κ3) is 18.5. The van der Waals surface area contributed by atoms with Crippen molar-refractivity contribution < 1.29 is 31.2 Å². The van der Waals surface area contributed by atoms with E-state index in [0.29, 0.717) is 0 Å². The molecule has 0 aliphatic rings. The molecule has 0 aromatic heterocycles. The predicted molar refractivity (Wildman–Crippen MR) is 6.52 cm³/mol. The van der Waals surface area contributed by atoms with Gasteiger partial charge in [-0.05, 0) is 6.93 Å². The van der Waals surface area contributed by atoms with Gasteiger partial charge in [0.15, 0.2) is 0 Å². The number of hydrogen-bond acceptors (Lipinski definition) is 0. The molecule has 0 amide bonds. The second-order valence-electron chi connectivity index (χ2n) is 0.0825. The molecule has 0 aromatic carbocycles. The fraction of sp³-hybridized carbons (Fsp3) is 0. The Labute approximate surface area is 38.7 Å². The second-order valence-corrected chi connectivity index (χ2v) is 0.0825. The number of rotatable bonds is 0. The molecule has 0 spiro atoms. The van der Waals surface area contributed by atoms with E-state index in [9.17, 15) is 8.78 Å². The molecule has 0 rings (SSSR count). The maximum atomic E-state index is 9.50. The maximum absolute atomic E-state index is 9.50. The first-order chi connectivity index (χ1) is 1.41. The van der Waals surface area contributed by atoms with Crippen LogP contribution in [0, 0.1) is 6.93 Å². The zero-order chi connectivity index (χ0) is 2.71. The normalized spacial score (nSPS) is 4.50. The summed E-state index contributed by atoms with van der Waals surface area (Å²) in [5, 5.41) is 0. The van der Waals surface area contributed by atoms with Gasteiger partial charge in [-0.25, -0.2) is 0 Å². The average molecular weight is 159 g/mol. The van der Waals surface area contributed by atoms with Crippen LogP contribution in [0.3, 0.4) is 0 Å². The van der Waals surface area contributed by atoms with Crippen molar-refractivity contribution >= 4 is 0 Å². The fourth-order valence-corrected chi connectivity index (χ4v) is 0. The summed E-state index contributed by atoms with van der Waals surface area (Å²) in [6, 6.07) is 0. The molecule has 0 fully saturated rings. The predicted octanol–water partition coefficient (Wildman–Crippen LogP) is 1.04. The van der Waals surface area contributed by atoms with Crippen LogP contribution in [0.4, 0.5) is 8.78 Å². The monoisotopic (exact) mass is 158 g/mol. The van der Waals surface area contributed by atoms with Crippen LogP contribution in [0.5, 0.6) is 0 Å². The zero-order valence-electron chi connectivity index (χ0n) is 1.63. The zero-order valence-corrected chi connectivity index (χ0v) is 3.12. The Balaban J connectivity index is 0. The minimum atomic E-state index is -1.00. The van der Waals surface area contributed by atoms with Crippen molar-refractivity contribution in [2.45, 2.75) is 0 Å². The summed E-state index contributed by atoms with van der Waals surface area (Å²) in [5.74, 6) is 0. The number of hydrogen-bond donors (Lipinski definition) is 0. The van der Waals surface area contributed by atoms with Crippen molar-refractivity contribution in [1.29, 1.82) is 0 Å². The summed E-state index contributed by atoms with van der Waals surface area (Å²) in [7, 11) is 0. The molecule has 0 bridgehead atoms. The van der Waals surface area contributed by atoms with Crippen LogP contribution in [0.2, 0.25) is 0 Å². The van der Waals surface area contributed by atoms with Crippen LogP contribution in [-0.4, -0.2) is 0 Å². The Bertz CT molecular complexity index is 6.00. The summed E-state index contributed by atoms with van der Waals surface area (Å²) in [5.41, 5.74) is 0. The third-order valence-electron chi connectivity index (χ3n) is 0. The minimum Gasteiger partial charge on any atom is -0.425 e. The molecule has 4 heavy (non-hydrogen) atoms. The molecule has 0 heterocycles. The van der Waals surface area contributed by atoms with Crippen molar-refractivity contribution in [3.63, 3.8) is 0 Å². The minimum absolute atomic E-state index is 0. The second kappa shape index (κ2) is 9.51. The molecule has 0 N–H and O–H groups in total. The van der Waals surface area contributed by atoms with Crippen molar-refractivity contribution in [1.82, 2.24) is 0 Å². The van der Waals surface area contributed by atoms with E-state index in [-0.39, 0.29) is 22.4 Å². The van der Waals surface area contributed by atoms with Gasteiger partial charge >= 0.3 is 22.4 Å². The van der Waals surface area contributed by atoms with E-state index < -0.39 is 6.93 Å². The van der Waals surface area contributed by atoms with Gasteiger partial charge in [-0.1, -0.05) is 0 Å². The van der Waals surface area contributed by atoms with E-state index in [1.54, 1.807) is 0 Å². The Morgan fingerprint density at radius 1 is 1.25 bits per heavy atom. The molecule has 0 atom stereocenters. The largest absolute Gasteiger partial charge is 1.00 e. The number of halogens is 2. The summed E-state index contributed by atoms with van der Waals surface area (Å²) >= 11 is 0. The smallest absolute Gasteiger partial charge is 0.425 e. The van der Waals surface area contributed by atoms with Crippen molar-refractivity contribution in [3.05, 3.63) is 6.93 Å². The van der Waals surface area contributed by atoms with Crippen molar-refractivity contribution in [3.8, 4) is 0 Å². The summed E-state index contributed by atoms with van der Waals surface area (Å²) in [4.78, 5) is 0. The van der Waals surface area contributed by atoms with Crippen molar-refractivity contribution in [2.24, 2.45) is 0 Å². The van der Waals surface area contributed by atoms with Gasteiger partial charge in [-0.15, -0.1) is 0 Å². The maximum Gasteiger partial charge on any atom is 1.00 e. The van der Waals surface area contributed by atoms with E-state index >= 15 is 0 Å². The standard InChI is InChI=1S/CHF2.Ag/c2-1-3;/h1H;/q-1;+1. The van der Waals surface area contributed by atoms with E-state index in [0.717, 1.165) is 0 Å². The molecular formula is CHAgF2. The Hall–Kier alpha value is 0.600. The Morgan fingerprint density at radius 2 is 1.25 bits per heavy atom.